The standard InChI is InChI=1S/C25H31ClN4O3S2/c1-5-7-12-32-18-10-8-16(9-11-18)20-13-17(6-2)28-23(33-20)21-14-19(26)22(34-21)25(3)15-35(31)30(4)24(27)29-25/h8-11,13-14,17H,5-7,12,15H2,1-4H3,(H2,27,29). The molecule has 35 heavy (non-hydrogen) atoms. The van der Waals surface area contributed by atoms with Gasteiger partial charge in [0.15, 0.2) is 0 Å². The van der Waals surface area contributed by atoms with Crippen LogP contribution in [0.4, 0.5) is 0 Å². The van der Waals surface area contributed by atoms with Crippen molar-refractivity contribution in [3.8, 4) is 5.75 Å². The zero-order chi connectivity index (χ0) is 25.2. The highest BCUT2D eigenvalue weighted by Gasteiger charge is 2.39. The normalized spacial score (nSPS) is 24.4. The van der Waals surface area contributed by atoms with Crippen LogP contribution in [0.15, 0.2) is 46.4 Å². The van der Waals surface area contributed by atoms with Gasteiger partial charge < -0.3 is 15.2 Å². The third-order valence-electron chi connectivity index (χ3n) is 5.94. The van der Waals surface area contributed by atoms with Gasteiger partial charge in [0.05, 0.1) is 33.2 Å². The van der Waals surface area contributed by atoms with Crippen LogP contribution in [0.5, 0.6) is 5.75 Å². The number of nitrogens with zero attached hydrogens (tertiary/aromatic N) is 3. The van der Waals surface area contributed by atoms with E-state index in [0.717, 1.165) is 46.1 Å². The van der Waals surface area contributed by atoms with Crippen molar-refractivity contribution in [3.05, 3.63) is 56.7 Å². The van der Waals surface area contributed by atoms with Crippen molar-refractivity contribution in [1.29, 1.82) is 0 Å². The smallest absolute Gasteiger partial charge is 0.232 e. The zero-order valence-electron chi connectivity index (χ0n) is 20.4. The van der Waals surface area contributed by atoms with Crippen LogP contribution in [0.1, 0.15) is 55.4 Å². The molecule has 3 atom stereocenters. The zero-order valence-corrected chi connectivity index (χ0v) is 22.8. The van der Waals surface area contributed by atoms with Crippen LogP contribution in [-0.4, -0.2) is 45.8 Å². The molecule has 0 saturated heterocycles. The minimum atomic E-state index is -1.29. The fourth-order valence-corrected chi connectivity index (χ4v) is 6.60. The molecule has 3 unspecified atom stereocenters. The van der Waals surface area contributed by atoms with Gasteiger partial charge in [-0.1, -0.05) is 31.9 Å². The monoisotopic (exact) mass is 534 g/mol. The second kappa shape index (κ2) is 10.7. The maximum atomic E-state index is 12.6. The van der Waals surface area contributed by atoms with Crippen molar-refractivity contribution in [2.45, 2.75) is 51.6 Å². The molecule has 0 spiro atoms. The number of thiophene rings is 1. The van der Waals surface area contributed by atoms with E-state index >= 15 is 0 Å². The fraction of sp³-hybridized carbons (Fsp3) is 0.440. The number of nitrogens with two attached hydrogens (primary N) is 1. The van der Waals surface area contributed by atoms with Crippen LogP contribution >= 0.6 is 22.9 Å². The quantitative estimate of drug-likeness (QED) is 0.464. The van der Waals surface area contributed by atoms with Gasteiger partial charge in [-0.05, 0) is 56.2 Å². The summed E-state index contributed by atoms with van der Waals surface area (Å²) in [5, 5.41) is 0.537. The van der Waals surface area contributed by atoms with Crippen LogP contribution in [-0.2, 0) is 21.3 Å². The molecule has 1 aromatic heterocycles. The molecule has 0 aliphatic carbocycles. The lowest BCUT2D eigenvalue weighted by atomic mass is 10.0. The average Bonchev–Trinajstić information content (AvgIpc) is 3.25. The van der Waals surface area contributed by atoms with Crippen molar-refractivity contribution < 1.29 is 13.7 Å². The second-order valence-corrected chi connectivity index (χ2v) is 11.7. The Labute approximate surface area is 218 Å². The molecular formula is C25H31ClN4O3S2. The summed E-state index contributed by atoms with van der Waals surface area (Å²) in [7, 11) is 0.383. The highest BCUT2D eigenvalue weighted by molar-refractivity contribution is 7.83. The molecule has 0 radical (unpaired) electrons. The molecule has 3 heterocycles. The first-order valence-corrected chi connectivity index (χ1v) is 14.2. The van der Waals surface area contributed by atoms with Crippen molar-refractivity contribution in [1.82, 2.24) is 4.31 Å². The lowest BCUT2D eigenvalue weighted by Crippen LogP contribution is -2.47. The molecule has 0 fully saturated rings. The maximum absolute atomic E-state index is 12.6. The molecule has 4 rings (SSSR count). The van der Waals surface area contributed by atoms with E-state index in [9.17, 15) is 4.21 Å². The third kappa shape index (κ3) is 5.57. The first kappa shape index (κ1) is 25.7. The van der Waals surface area contributed by atoms with Crippen LogP contribution < -0.4 is 10.5 Å². The molecule has 0 saturated carbocycles. The van der Waals surface area contributed by atoms with E-state index in [0.29, 0.717) is 23.3 Å². The Balaban J connectivity index is 1.58. The first-order valence-electron chi connectivity index (χ1n) is 11.7. The molecule has 7 nitrogen and oxygen atoms in total. The number of benzene rings is 1. The Morgan fingerprint density at radius 2 is 2.09 bits per heavy atom. The van der Waals surface area contributed by atoms with Gasteiger partial charge in [-0.2, -0.15) is 0 Å². The summed E-state index contributed by atoms with van der Waals surface area (Å²) in [6.07, 6.45) is 5.01. The van der Waals surface area contributed by atoms with Gasteiger partial charge in [0.2, 0.25) is 11.9 Å². The Morgan fingerprint density at radius 3 is 2.74 bits per heavy atom. The van der Waals surface area contributed by atoms with Crippen LogP contribution in [0.25, 0.3) is 5.76 Å². The average molecular weight is 535 g/mol. The van der Waals surface area contributed by atoms with Crippen molar-refractivity contribution in [2.75, 3.05) is 19.4 Å². The van der Waals surface area contributed by atoms with E-state index in [-0.39, 0.29) is 12.0 Å². The number of unbranched alkanes of at least 4 members (excludes halogenated alkanes) is 1. The van der Waals surface area contributed by atoms with Gasteiger partial charge in [0.25, 0.3) is 0 Å². The molecule has 2 N–H and O–H groups in total. The topological polar surface area (TPSA) is 89.5 Å². The Kier molecular flexibility index (Phi) is 7.88. The Hall–Kier alpha value is -2.36. The molecule has 2 aliphatic rings. The highest BCUT2D eigenvalue weighted by Crippen LogP contribution is 2.41. The molecular weight excluding hydrogens is 504 g/mol. The van der Waals surface area contributed by atoms with E-state index in [1.54, 1.807) is 7.05 Å². The highest BCUT2D eigenvalue weighted by atomic mass is 35.5. The van der Waals surface area contributed by atoms with Gasteiger partial charge in [0.1, 0.15) is 28.0 Å². The predicted octanol–water partition coefficient (Wildman–Crippen LogP) is 5.32. The second-order valence-electron chi connectivity index (χ2n) is 8.76. The van der Waals surface area contributed by atoms with Gasteiger partial charge in [-0.3, -0.25) is 4.31 Å². The summed E-state index contributed by atoms with van der Waals surface area (Å²) in [6.45, 7) is 6.85. The van der Waals surface area contributed by atoms with Crippen LogP contribution in [0.2, 0.25) is 5.02 Å². The first-order chi connectivity index (χ1) is 16.7. The summed E-state index contributed by atoms with van der Waals surface area (Å²) in [6, 6.07) is 9.76. The fourth-order valence-electron chi connectivity index (χ4n) is 3.81. The van der Waals surface area contributed by atoms with Crippen molar-refractivity contribution in [3.63, 3.8) is 0 Å². The number of halogens is 1. The summed E-state index contributed by atoms with van der Waals surface area (Å²) in [5.41, 5.74) is 6.19. The minimum Gasteiger partial charge on any atom is -0.494 e. The van der Waals surface area contributed by atoms with E-state index in [1.807, 2.05) is 43.3 Å². The lowest BCUT2D eigenvalue weighted by Gasteiger charge is -2.33. The van der Waals surface area contributed by atoms with Crippen LogP contribution in [0.3, 0.4) is 0 Å². The van der Waals surface area contributed by atoms with Gasteiger partial charge in [0, 0.05) is 12.6 Å². The summed E-state index contributed by atoms with van der Waals surface area (Å²) in [4.78, 5) is 11.0. The lowest BCUT2D eigenvalue weighted by molar-refractivity contribution is 0.309. The third-order valence-corrected chi connectivity index (χ3v) is 9.33. The van der Waals surface area contributed by atoms with E-state index in [2.05, 4.69) is 18.8 Å². The largest absolute Gasteiger partial charge is 0.494 e. The summed E-state index contributed by atoms with van der Waals surface area (Å²) < 4.78 is 26.1. The van der Waals surface area contributed by atoms with Crippen molar-refractivity contribution in [2.24, 2.45) is 15.7 Å². The van der Waals surface area contributed by atoms with E-state index in [4.69, 9.17) is 31.8 Å². The Bertz CT molecular complexity index is 1190. The molecule has 0 amide bonds. The number of guanidine groups is 1. The maximum Gasteiger partial charge on any atom is 0.232 e. The number of rotatable bonds is 8. The number of aliphatic imine (C=N–C) groups is 2. The summed E-state index contributed by atoms with van der Waals surface area (Å²) >= 11 is 8.11. The summed E-state index contributed by atoms with van der Waals surface area (Å²) in [5.74, 6) is 2.64. The van der Waals surface area contributed by atoms with Crippen LogP contribution in [0, 0.1) is 0 Å². The van der Waals surface area contributed by atoms with Crippen molar-refractivity contribution >= 4 is 51.5 Å². The Morgan fingerprint density at radius 1 is 1.34 bits per heavy atom. The molecule has 2 aromatic rings. The van der Waals surface area contributed by atoms with E-state index < -0.39 is 16.5 Å². The van der Waals surface area contributed by atoms with Gasteiger partial charge >= 0.3 is 0 Å². The predicted molar refractivity (Wildman–Crippen MR) is 146 cm³/mol. The van der Waals surface area contributed by atoms with E-state index in [1.165, 1.54) is 15.6 Å². The molecule has 1 aromatic carbocycles. The van der Waals surface area contributed by atoms with Gasteiger partial charge in [-0.15, -0.1) is 11.3 Å². The minimum absolute atomic E-state index is 0.0151. The number of hydrogen-bond donors (Lipinski definition) is 1. The van der Waals surface area contributed by atoms with Gasteiger partial charge in [-0.25, -0.2) is 14.2 Å². The number of ether oxygens (including phenoxy) is 2. The number of hydrogen-bond acceptors (Lipinski definition) is 7. The SMILES string of the molecule is CCCCOc1ccc(C2=CC(CC)N=C(c3cc(Cl)c(C4(C)CS(=O)N(C)C(N)=N4)s3)O2)cc1. The molecule has 0 bridgehead atoms. The molecule has 10 heteroatoms. The molecule has 2 aliphatic heterocycles. The molecule has 188 valence electrons.